The van der Waals surface area contributed by atoms with Gasteiger partial charge in [-0.2, -0.15) is 5.26 Å². The Bertz CT molecular complexity index is 2530. The molecule has 69 heavy (non-hydrogen) atoms. The molecule has 4 amide bonds. The molecule has 14 nitrogen and oxygen atoms in total. The monoisotopic (exact) mass is 979 g/mol. The van der Waals surface area contributed by atoms with Gasteiger partial charge >= 0.3 is 0 Å². The number of carbonyl (C=O) groups is 4. The molecule has 2 saturated heterocycles. The zero-order valence-corrected chi connectivity index (χ0v) is 42.7. The van der Waals surface area contributed by atoms with Crippen molar-refractivity contribution in [2.75, 3.05) is 37.7 Å². The van der Waals surface area contributed by atoms with Crippen molar-refractivity contribution in [3.8, 4) is 22.3 Å². The normalized spacial score (nSPS) is 21.9. The summed E-state index contributed by atoms with van der Waals surface area (Å²) in [7, 11) is 0. The van der Waals surface area contributed by atoms with Crippen LogP contribution in [0, 0.1) is 40.4 Å². The number of aromatic nitrogens is 1. The van der Waals surface area contributed by atoms with Crippen LogP contribution in [0.25, 0.3) is 10.4 Å². The van der Waals surface area contributed by atoms with Crippen molar-refractivity contribution in [3.63, 3.8) is 0 Å². The minimum Gasteiger partial charge on any atom is -0.489 e. The standard InChI is InChI=1S/C53H66ClN7O7S/c1-31(34-10-12-35(13-11-34)44-32(2)56-30-69-44)57-47(65)42-24-39(62)27-61(42)48(66)45(51(3,4)5)58-43(63)29-67-28-33-20-22-60(23-21-33)38-17-14-36(15-18-38)46(64)59-49-52(6,7)50(53(49,8)9)68-40-19-16-37(26-55)41(54)25-40/h10-19,25,30-31,33,39,42,45,49-50,62H,20-24,27-29H2,1-9H3,(H,57,65)(H,58,63)(H,59,64)/t31-,39+,42-,45+,49-,50-/m0/s1. The van der Waals surface area contributed by atoms with Crippen molar-refractivity contribution in [3.05, 3.63) is 99.6 Å². The van der Waals surface area contributed by atoms with Gasteiger partial charge in [0, 0.05) is 60.2 Å². The molecule has 4 aromatic rings. The van der Waals surface area contributed by atoms with Crippen molar-refractivity contribution in [2.45, 2.75) is 118 Å². The lowest BCUT2D eigenvalue weighted by atomic mass is 9.49. The van der Waals surface area contributed by atoms with Crippen LogP contribution in [-0.4, -0.2) is 102 Å². The SMILES string of the molecule is Cc1ncsc1-c1ccc([C@H](C)NC(=O)[C@@H]2C[C@@H](O)CN2C(=O)[C@@H](NC(=O)COCC2CCN(c3ccc(C(=O)N[C@H]4C(C)(C)[C@H](Oc5ccc(C#N)c(Cl)c5)C4(C)C)cc3)CC2)C(C)(C)C)cc1. The first-order valence-corrected chi connectivity index (χ1v) is 25.0. The van der Waals surface area contributed by atoms with Crippen molar-refractivity contribution < 1.29 is 33.8 Å². The first-order chi connectivity index (χ1) is 32.6. The van der Waals surface area contributed by atoms with Crippen LogP contribution in [0.5, 0.6) is 5.75 Å². The van der Waals surface area contributed by atoms with E-state index in [0.29, 0.717) is 28.5 Å². The van der Waals surface area contributed by atoms with Crippen molar-refractivity contribution in [1.82, 2.24) is 25.8 Å². The fraction of sp³-hybridized carbons (Fsp3) is 0.509. The lowest BCUT2D eigenvalue weighted by Gasteiger charge is -2.63. The number of aryl methyl sites for hydroxylation is 1. The molecule has 1 aromatic heterocycles. The minimum absolute atomic E-state index is 0.0141. The number of nitrogens with zero attached hydrogens (tertiary/aromatic N) is 4. The van der Waals surface area contributed by atoms with E-state index in [1.165, 1.54) is 4.90 Å². The highest BCUT2D eigenvalue weighted by Crippen LogP contribution is 2.55. The second-order valence-corrected chi connectivity index (χ2v) is 22.4. The summed E-state index contributed by atoms with van der Waals surface area (Å²) < 4.78 is 12.3. The Morgan fingerprint density at radius 2 is 1.65 bits per heavy atom. The molecular formula is C53H66ClN7O7S. The summed E-state index contributed by atoms with van der Waals surface area (Å²) in [4.78, 5) is 63.9. The molecule has 2 aliphatic heterocycles. The summed E-state index contributed by atoms with van der Waals surface area (Å²) in [6, 6.07) is 20.4. The fourth-order valence-electron chi connectivity index (χ4n) is 10.5. The molecule has 16 heteroatoms. The molecule has 0 radical (unpaired) electrons. The highest BCUT2D eigenvalue weighted by molar-refractivity contribution is 7.13. The van der Waals surface area contributed by atoms with Crippen LogP contribution in [0.4, 0.5) is 5.69 Å². The van der Waals surface area contributed by atoms with E-state index in [4.69, 9.17) is 21.1 Å². The Balaban J connectivity index is 0.850. The second-order valence-electron chi connectivity index (χ2n) is 21.2. The minimum atomic E-state index is -0.958. The van der Waals surface area contributed by atoms with Crippen molar-refractivity contribution in [1.29, 1.82) is 5.26 Å². The number of nitrogens with one attached hydrogen (secondary N) is 3. The van der Waals surface area contributed by atoms with Gasteiger partial charge in [0.15, 0.2) is 0 Å². The first-order valence-electron chi connectivity index (χ1n) is 23.8. The van der Waals surface area contributed by atoms with Gasteiger partial charge in [0.2, 0.25) is 17.7 Å². The summed E-state index contributed by atoms with van der Waals surface area (Å²) in [5.41, 5.74) is 5.25. The van der Waals surface area contributed by atoms with Gasteiger partial charge in [-0.3, -0.25) is 19.2 Å². The largest absolute Gasteiger partial charge is 0.489 e. The van der Waals surface area contributed by atoms with Gasteiger partial charge < -0.3 is 40.3 Å². The number of thiazole rings is 1. The van der Waals surface area contributed by atoms with E-state index in [1.54, 1.807) is 29.5 Å². The van der Waals surface area contributed by atoms with Crippen LogP contribution in [0.2, 0.25) is 5.02 Å². The van der Waals surface area contributed by atoms with Gasteiger partial charge in [0.05, 0.1) is 45.4 Å². The number of anilines is 1. The summed E-state index contributed by atoms with van der Waals surface area (Å²) in [6.07, 6.45) is 0.722. The first kappa shape index (κ1) is 51.3. The molecule has 0 bridgehead atoms. The van der Waals surface area contributed by atoms with E-state index in [9.17, 15) is 29.5 Å². The second kappa shape index (κ2) is 20.8. The number of benzene rings is 3. The average Bonchev–Trinajstić information content (AvgIpc) is 3.93. The quantitative estimate of drug-likeness (QED) is 0.0914. The maximum absolute atomic E-state index is 14.2. The molecule has 7 rings (SSSR count). The molecule has 1 aliphatic carbocycles. The molecule has 4 N–H and O–H groups in total. The smallest absolute Gasteiger partial charge is 0.251 e. The molecule has 368 valence electrons. The number of piperidine rings is 1. The predicted molar refractivity (Wildman–Crippen MR) is 268 cm³/mol. The summed E-state index contributed by atoms with van der Waals surface area (Å²) in [5, 5.41) is 29.4. The number of aliphatic hydroxyl groups is 1. The van der Waals surface area contributed by atoms with Crippen LogP contribution >= 0.6 is 22.9 Å². The number of rotatable bonds is 15. The van der Waals surface area contributed by atoms with Crippen molar-refractivity contribution >= 4 is 52.3 Å². The maximum Gasteiger partial charge on any atom is 0.251 e. The molecule has 1 saturated carbocycles. The zero-order valence-electron chi connectivity index (χ0n) is 41.1. The van der Waals surface area contributed by atoms with Gasteiger partial charge in [-0.05, 0) is 85.5 Å². The molecule has 4 atom stereocenters. The fourth-order valence-corrected chi connectivity index (χ4v) is 11.6. The van der Waals surface area contributed by atoms with E-state index < -0.39 is 35.4 Å². The Labute approximate surface area is 415 Å². The summed E-state index contributed by atoms with van der Waals surface area (Å²) >= 11 is 7.84. The number of hydrogen-bond acceptors (Lipinski definition) is 11. The number of halogens is 1. The number of β-amino-alcohol motifs (C(OH)–C–C–N with tert-alkyl or cyclic N) is 1. The third-order valence-electron chi connectivity index (χ3n) is 14.2. The number of nitriles is 1. The van der Waals surface area contributed by atoms with E-state index in [0.717, 1.165) is 53.3 Å². The molecule has 0 unspecified atom stereocenters. The predicted octanol–water partition coefficient (Wildman–Crippen LogP) is 7.86. The average molecular weight is 981 g/mol. The van der Waals surface area contributed by atoms with Gasteiger partial charge in [-0.1, -0.05) is 84.3 Å². The molecule has 3 fully saturated rings. The molecule has 3 heterocycles. The Hall–Kier alpha value is -5.53. The van der Waals surface area contributed by atoms with Gasteiger partial charge in [-0.15, -0.1) is 11.3 Å². The van der Waals surface area contributed by atoms with Crippen LogP contribution in [0.1, 0.15) is 108 Å². The molecule has 3 aliphatic rings. The number of carbonyl (C=O) groups excluding carboxylic acids is 4. The Morgan fingerprint density at radius 3 is 2.25 bits per heavy atom. The van der Waals surface area contributed by atoms with E-state index in [2.05, 4.69) is 59.6 Å². The lowest BCUT2D eigenvalue weighted by molar-refractivity contribution is -0.164. The third kappa shape index (κ3) is 11.4. The Morgan fingerprint density at radius 1 is 0.986 bits per heavy atom. The lowest BCUT2D eigenvalue weighted by Crippen LogP contribution is -2.74. The van der Waals surface area contributed by atoms with Gasteiger partial charge in [0.1, 0.15) is 36.6 Å². The summed E-state index contributed by atoms with van der Waals surface area (Å²) in [6.45, 7) is 19.5. The zero-order chi connectivity index (χ0) is 50.0. The number of ether oxygens (including phenoxy) is 2. The summed E-state index contributed by atoms with van der Waals surface area (Å²) in [5.74, 6) is -0.555. The third-order valence-corrected chi connectivity index (χ3v) is 15.5. The van der Waals surface area contributed by atoms with Crippen LogP contribution < -0.4 is 25.6 Å². The number of amides is 4. The van der Waals surface area contributed by atoms with Gasteiger partial charge in [-0.25, -0.2) is 4.98 Å². The topological polar surface area (TPSA) is 186 Å². The van der Waals surface area contributed by atoms with Crippen molar-refractivity contribution in [2.24, 2.45) is 22.2 Å². The van der Waals surface area contributed by atoms with E-state index in [-0.39, 0.29) is 66.3 Å². The number of likely N-dealkylation sites (tertiary alicyclic amines) is 1. The van der Waals surface area contributed by atoms with Gasteiger partial charge in [0.25, 0.3) is 5.91 Å². The highest BCUT2D eigenvalue weighted by atomic mass is 35.5. The van der Waals surface area contributed by atoms with Crippen LogP contribution in [0.3, 0.4) is 0 Å². The molecule has 3 aromatic carbocycles. The number of aliphatic hydroxyl groups excluding tert-OH is 1. The molecular weight excluding hydrogens is 914 g/mol. The van der Waals surface area contributed by atoms with E-state index >= 15 is 0 Å². The van der Waals surface area contributed by atoms with Crippen LogP contribution in [0.15, 0.2) is 72.2 Å². The molecule has 0 spiro atoms. The van der Waals surface area contributed by atoms with Crippen LogP contribution in [-0.2, 0) is 19.1 Å². The maximum atomic E-state index is 14.2. The Kier molecular flexibility index (Phi) is 15.5. The van der Waals surface area contributed by atoms with E-state index in [1.807, 2.05) is 88.7 Å². The number of hydrogen-bond donors (Lipinski definition) is 4. The highest BCUT2D eigenvalue weighted by Gasteiger charge is 2.64.